The van der Waals surface area contributed by atoms with Crippen LogP contribution in [0.15, 0.2) is 0 Å². The molecule has 2 heterocycles. The molecule has 11 heteroatoms. The van der Waals surface area contributed by atoms with Crippen LogP contribution in [0.2, 0.25) is 0 Å². The Morgan fingerprint density at radius 2 is 1.61 bits per heavy atom. The molecular formula is C35H57NO10. The van der Waals surface area contributed by atoms with Gasteiger partial charge in [-0.15, -0.1) is 0 Å². The number of aliphatic hydroxyl groups is 5. The zero-order valence-electron chi connectivity index (χ0n) is 28.4. The minimum Gasteiger partial charge on any atom is -0.457 e. The van der Waals surface area contributed by atoms with Crippen LogP contribution in [0.25, 0.3) is 0 Å². The third kappa shape index (κ3) is 4.31. The average Bonchev–Trinajstić information content (AvgIpc) is 3.61. The van der Waals surface area contributed by atoms with E-state index < -0.39 is 66.1 Å². The number of hydrogen-bond donors (Lipinski definition) is 6. The summed E-state index contributed by atoms with van der Waals surface area (Å²) in [6.07, 6.45) is 0.464. The third-order valence-corrected chi connectivity index (χ3v) is 15.0. The molecule has 46 heavy (non-hydrogen) atoms. The van der Waals surface area contributed by atoms with Crippen molar-refractivity contribution in [3.05, 3.63) is 0 Å². The molecule has 0 amide bonds. The normalized spacial score (nSPS) is 54.7. The van der Waals surface area contributed by atoms with Crippen molar-refractivity contribution in [3.63, 3.8) is 0 Å². The van der Waals surface area contributed by atoms with Crippen molar-refractivity contribution in [2.24, 2.45) is 45.1 Å². The Kier molecular flexibility index (Phi) is 7.71. The lowest BCUT2D eigenvalue weighted by molar-refractivity contribution is -0.302. The second-order valence-electron chi connectivity index (χ2n) is 17.7. The maximum absolute atomic E-state index is 12.3. The van der Waals surface area contributed by atoms with E-state index in [9.17, 15) is 30.3 Å². The van der Waals surface area contributed by atoms with E-state index in [2.05, 4.69) is 20.8 Å². The lowest BCUT2D eigenvalue weighted by Crippen LogP contribution is -2.70. The highest BCUT2D eigenvalue weighted by molar-refractivity contribution is 5.66. The van der Waals surface area contributed by atoms with Crippen LogP contribution in [0.4, 0.5) is 0 Å². The number of carbonyl (C=O) groups excluding carboxylic acids is 1. The van der Waals surface area contributed by atoms with E-state index in [1.807, 2.05) is 0 Å². The molecule has 7 fully saturated rings. The quantitative estimate of drug-likeness (QED) is 0.188. The molecule has 7 rings (SSSR count). The van der Waals surface area contributed by atoms with Crippen molar-refractivity contribution in [3.8, 4) is 0 Å². The summed E-state index contributed by atoms with van der Waals surface area (Å²) in [5, 5.41) is 53.9. The van der Waals surface area contributed by atoms with E-state index in [0.29, 0.717) is 12.3 Å². The fourth-order valence-electron chi connectivity index (χ4n) is 12.8. The van der Waals surface area contributed by atoms with E-state index in [4.69, 9.17) is 24.7 Å². The fourth-order valence-corrected chi connectivity index (χ4v) is 12.8. The first-order chi connectivity index (χ1) is 21.3. The topological polar surface area (TPSA) is 181 Å². The number of aliphatic hydroxyl groups excluding tert-OH is 4. The second kappa shape index (κ2) is 10.6. The minimum absolute atomic E-state index is 0.0365. The fraction of sp³-hybridized carbons (Fsp3) is 0.971. The second-order valence-corrected chi connectivity index (χ2v) is 17.7. The van der Waals surface area contributed by atoms with Gasteiger partial charge in [0.2, 0.25) is 0 Å². The molecule has 16 atom stereocenters. The molecule has 0 aromatic carbocycles. The molecule has 5 aliphatic carbocycles. The van der Waals surface area contributed by atoms with Gasteiger partial charge in [0.15, 0.2) is 12.4 Å². The standard InChI is InChI=1S/C35H57NO10/c1-17(37)44-28(31(4,5)42)20-8-7-18-26(45-20)27(41)35(36)22-10-9-21-30(2,3)23(46-29-25(40)24(39)19(38)15-43-29)11-12-33(21)16-34(22,33)14-13-32(18,35)6/h18-29,38-42H,7-16,36H2,1-6H3/t18-,19+,20?,21?,22?,23?,24?,25+,26?,27-,28?,29?,32?,33?,34?,35-/m0/s1. The van der Waals surface area contributed by atoms with Crippen molar-refractivity contribution in [1.82, 2.24) is 0 Å². The minimum atomic E-state index is -1.31. The number of carbonyl (C=O) groups is 1. The van der Waals surface area contributed by atoms with Gasteiger partial charge in [-0.1, -0.05) is 20.8 Å². The van der Waals surface area contributed by atoms with Crippen LogP contribution in [0.3, 0.4) is 0 Å². The molecule has 2 saturated heterocycles. The van der Waals surface area contributed by atoms with E-state index in [1.54, 1.807) is 13.8 Å². The molecule has 0 aromatic rings. The highest BCUT2D eigenvalue weighted by Crippen LogP contribution is 2.87. The first kappa shape index (κ1) is 33.6. The van der Waals surface area contributed by atoms with Gasteiger partial charge in [0.05, 0.1) is 42.2 Å². The van der Waals surface area contributed by atoms with Crippen LogP contribution in [0.5, 0.6) is 0 Å². The number of nitrogens with two attached hydrogens (primary N) is 1. The smallest absolute Gasteiger partial charge is 0.303 e. The zero-order valence-corrected chi connectivity index (χ0v) is 28.4. The van der Waals surface area contributed by atoms with Crippen molar-refractivity contribution in [2.45, 2.75) is 166 Å². The van der Waals surface area contributed by atoms with E-state index >= 15 is 0 Å². The van der Waals surface area contributed by atoms with Gasteiger partial charge in [-0.2, -0.15) is 0 Å². The van der Waals surface area contributed by atoms with Crippen molar-refractivity contribution in [1.29, 1.82) is 0 Å². The Balaban J connectivity index is 1.12. The van der Waals surface area contributed by atoms with Gasteiger partial charge in [0.1, 0.15) is 18.3 Å². The summed E-state index contributed by atoms with van der Waals surface area (Å²) in [7, 11) is 0. The Labute approximate surface area is 272 Å². The van der Waals surface area contributed by atoms with Crippen LogP contribution in [-0.2, 0) is 23.7 Å². The highest BCUT2D eigenvalue weighted by Gasteiger charge is 2.85. The molecule has 0 radical (unpaired) electrons. The molecule has 7 aliphatic rings. The molecule has 2 spiro atoms. The molecule has 2 aliphatic heterocycles. The number of ether oxygens (including phenoxy) is 4. The summed E-state index contributed by atoms with van der Waals surface area (Å²) in [4.78, 5) is 12.0. The van der Waals surface area contributed by atoms with Crippen LogP contribution in [-0.4, -0.2) is 104 Å². The SMILES string of the molecule is CC(=O)OC(C1CC[C@H]2C(O1)[C@H](O)[C@@]1(N)C3CCC4C(C)(C)C(OC5OC[C@@H](O)C(O)[C@H]5O)CCC45CC35CCC21C)C(C)(C)O. The summed E-state index contributed by atoms with van der Waals surface area (Å²) in [5.74, 6) is 0.117. The molecular weight excluding hydrogens is 594 g/mol. The molecule has 11 nitrogen and oxygen atoms in total. The van der Waals surface area contributed by atoms with Crippen molar-refractivity contribution in [2.75, 3.05) is 6.61 Å². The van der Waals surface area contributed by atoms with Crippen molar-refractivity contribution < 1.29 is 49.3 Å². The van der Waals surface area contributed by atoms with E-state index in [0.717, 1.165) is 51.4 Å². The zero-order chi connectivity index (χ0) is 33.4. The largest absolute Gasteiger partial charge is 0.457 e. The van der Waals surface area contributed by atoms with Crippen LogP contribution in [0, 0.1) is 39.4 Å². The number of fused-ring (bicyclic) bond motifs is 4. The molecule has 7 N–H and O–H groups in total. The summed E-state index contributed by atoms with van der Waals surface area (Å²) < 4.78 is 24.3. The average molecular weight is 652 g/mol. The van der Waals surface area contributed by atoms with Crippen molar-refractivity contribution >= 4 is 5.97 Å². The Morgan fingerprint density at radius 3 is 2.28 bits per heavy atom. The van der Waals surface area contributed by atoms with Gasteiger partial charge >= 0.3 is 5.97 Å². The van der Waals surface area contributed by atoms with Crippen LogP contribution < -0.4 is 5.73 Å². The molecule has 0 aromatic heterocycles. The third-order valence-electron chi connectivity index (χ3n) is 15.0. The van der Waals surface area contributed by atoms with Gasteiger partial charge < -0.3 is 50.2 Å². The lowest BCUT2D eigenvalue weighted by Gasteiger charge is -2.63. The first-order valence-electron chi connectivity index (χ1n) is 17.7. The van der Waals surface area contributed by atoms with Crippen LogP contribution >= 0.6 is 0 Å². The number of rotatable bonds is 5. The van der Waals surface area contributed by atoms with Gasteiger partial charge in [-0.3, -0.25) is 4.79 Å². The Bertz CT molecular complexity index is 1220. The van der Waals surface area contributed by atoms with Crippen LogP contribution in [0.1, 0.15) is 99.3 Å². The Hall–Kier alpha value is -0.890. The number of hydrogen-bond acceptors (Lipinski definition) is 11. The van der Waals surface area contributed by atoms with E-state index in [-0.39, 0.29) is 46.2 Å². The van der Waals surface area contributed by atoms with Gasteiger partial charge in [0, 0.05) is 6.92 Å². The molecule has 262 valence electrons. The maximum atomic E-state index is 12.3. The summed E-state index contributed by atoms with van der Waals surface area (Å²) >= 11 is 0. The molecule has 11 unspecified atom stereocenters. The summed E-state index contributed by atoms with van der Waals surface area (Å²) in [6, 6.07) is 0. The predicted molar refractivity (Wildman–Crippen MR) is 165 cm³/mol. The number of esters is 1. The molecule has 5 saturated carbocycles. The Morgan fingerprint density at radius 1 is 0.935 bits per heavy atom. The summed E-state index contributed by atoms with van der Waals surface area (Å²) in [6.45, 7) is 11.3. The van der Waals surface area contributed by atoms with Gasteiger partial charge in [0.25, 0.3) is 0 Å². The van der Waals surface area contributed by atoms with Gasteiger partial charge in [-0.05, 0) is 111 Å². The van der Waals surface area contributed by atoms with E-state index in [1.165, 1.54) is 6.92 Å². The maximum Gasteiger partial charge on any atom is 0.303 e. The lowest BCUT2D eigenvalue weighted by atomic mass is 9.44. The molecule has 0 bridgehead atoms. The highest BCUT2D eigenvalue weighted by atomic mass is 16.7. The predicted octanol–water partition coefficient (Wildman–Crippen LogP) is 1.77. The first-order valence-corrected chi connectivity index (χ1v) is 17.7. The van der Waals surface area contributed by atoms with Gasteiger partial charge in [-0.25, -0.2) is 0 Å². The summed E-state index contributed by atoms with van der Waals surface area (Å²) in [5.41, 5.74) is 5.13. The monoisotopic (exact) mass is 651 g/mol.